The monoisotopic (exact) mass is 542 g/mol. The highest BCUT2D eigenvalue weighted by Gasteiger charge is 2.28. The minimum Gasteiger partial charge on any atom is -0.344 e. The first kappa shape index (κ1) is 26.8. The van der Waals surface area contributed by atoms with Gasteiger partial charge in [-0.2, -0.15) is 0 Å². The van der Waals surface area contributed by atoms with Gasteiger partial charge >= 0.3 is 0 Å². The van der Waals surface area contributed by atoms with Crippen LogP contribution in [0.3, 0.4) is 0 Å². The molecule has 0 saturated carbocycles. The van der Waals surface area contributed by atoms with Gasteiger partial charge in [0.15, 0.2) is 0 Å². The molecule has 3 amide bonds. The van der Waals surface area contributed by atoms with Crippen molar-refractivity contribution in [3.05, 3.63) is 83.2 Å². The second-order valence-corrected chi connectivity index (χ2v) is 11.1. The molecule has 1 fully saturated rings. The van der Waals surface area contributed by atoms with Gasteiger partial charge in [0.05, 0.1) is 0 Å². The molecular weight excluding hydrogens is 508 g/mol. The quantitative estimate of drug-likeness (QED) is 0.241. The molecule has 3 aromatic carbocycles. The van der Waals surface area contributed by atoms with Crippen LogP contribution in [0.2, 0.25) is 0 Å². The molecular formula is C31H34N4O3S. The van der Waals surface area contributed by atoms with Gasteiger partial charge in [0.1, 0.15) is 12.2 Å². The molecule has 1 aliphatic rings. The Hall–Kier alpha value is -3.75. The van der Waals surface area contributed by atoms with Crippen LogP contribution in [0.25, 0.3) is 20.9 Å². The van der Waals surface area contributed by atoms with Crippen LogP contribution < -0.4 is 21.3 Å². The van der Waals surface area contributed by atoms with Gasteiger partial charge in [0.2, 0.25) is 17.7 Å². The Kier molecular flexibility index (Phi) is 8.54. The van der Waals surface area contributed by atoms with E-state index in [0.29, 0.717) is 12.8 Å². The van der Waals surface area contributed by atoms with Crippen LogP contribution in [-0.4, -0.2) is 43.0 Å². The van der Waals surface area contributed by atoms with Crippen LogP contribution in [0.15, 0.2) is 72.1 Å². The summed E-state index contributed by atoms with van der Waals surface area (Å²) >= 11 is 1.64. The largest absolute Gasteiger partial charge is 0.344 e. The number of hydrogen-bond acceptors (Lipinski definition) is 5. The highest BCUT2D eigenvalue weighted by molar-refractivity contribution is 7.17. The van der Waals surface area contributed by atoms with E-state index in [4.69, 9.17) is 0 Å². The maximum Gasteiger partial charge on any atom is 0.244 e. The number of amides is 3. The van der Waals surface area contributed by atoms with Crippen LogP contribution in [0.5, 0.6) is 0 Å². The summed E-state index contributed by atoms with van der Waals surface area (Å²) in [6.45, 7) is 3.02. The van der Waals surface area contributed by atoms with Crippen LogP contribution >= 0.6 is 11.3 Å². The van der Waals surface area contributed by atoms with Gasteiger partial charge in [-0.1, -0.05) is 60.7 Å². The summed E-state index contributed by atoms with van der Waals surface area (Å²) in [4.78, 5) is 39.0. The van der Waals surface area contributed by atoms with Crippen LogP contribution in [0, 0.1) is 5.92 Å². The van der Waals surface area contributed by atoms with E-state index in [0.717, 1.165) is 57.9 Å². The number of thiophene rings is 1. The van der Waals surface area contributed by atoms with Gasteiger partial charge in [-0.3, -0.25) is 14.4 Å². The molecule has 2 heterocycles. The fraction of sp³-hybridized carbons (Fsp3) is 0.323. The first-order valence-corrected chi connectivity index (χ1v) is 14.4. The van der Waals surface area contributed by atoms with Crippen molar-refractivity contribution >= 4 is 49.9 Å². The normalized spacial score (nSPS) is 15.5. The Morgan fingerprint density at radius 3 is 2.44 bits per heavy atom. The summed E-state index contributed by atoms with van der Waals surface area (Å²) in [5.74, 6) is -0.771. The molecule has 0 radical (unpaired) electrons. The number of carbonyl (C=O) groups is 3. The third-order valence-electron chi connectivity index (χ3n) is 7.28. The second kappa shape index (κ2) is 12.4. The van der Waals surface area contributed by atoms with Gasteiger partial charge in [0, 0.05) is 30.4 Å². The number of hydrogen-bond donors (Lipinski definition) is 4. The zero-order chi connectivity index (χ0) is 27.2. The summed E-state index contributed by atoms with van der Waals surface area (Å²) in [5.41, 5.74) is 2.01. The summed E-state index contributed by atoms with van der Waals surface area (Å²) in [6.07, 6.45) is 1.68. The lowest BCUT2D eigenvalue weighted by molar-refractivity contribution is -0.132. The molecule has 0 spiro atoms. The third-order valence-corrected chi connectivity index (χ3v) is 8.29. The number of rotatable bonds is 9. The molecule has 39 heavy (non-hydrogen) atoms. The maximum absolute atomic E-state index is 13.7. The van der Waals surface area contributed by atoms with Crippen molar-refractivity contribution in [2.45, 2.75) is 44.8 Å². The molecule has 202 valence electrons. The van der Waals surface area contributed by atoms with Crippen molar-refractivity contribution < 1.29 is 14.4 Å². The number of fused-ring (bicyclic) bond motifs is 2. The Morgan fingerprint density at radius 1 is 0.897 bits per heavy atom. The molecule has 1 aromatic heterocycles. The molecule has 7 nitrogen and oxygen atoms in total. The first-order valence-electron chi connectivity index (χ1n) is 13.5. The standard InChI is InChI=1S/C31H34N4O3S/c1-20(36)33-29(18-25-19-39-28-9-5-4-8-26(25)28)35-31(38)27(34-30(37)23-12-14-32-15-13-23)17-21-10-11-22-6-2-3-7-24(22)16-21/h2-11,16,19,23,27,29,32H,12-15,17-18H2,1H3,(H,33,36)(H,34,37)(H,35,38)/t27-,29-/m1/s1. The molecule has 5 rings (SSSR count). The Morgan fingerprint density at radius 2 is 1.64 bits per heavy atom. The highest BCUT2D eigenvalue weighted by Crippen LogP contribution is 2.26. The van der Waals surface area contributed by atoms with Crippen molar-refractivity contribution in [3.8, 4) is 0 Å². The molecule has 4 N–H and O–H groups in total. The van der Waals surface area contributed by atoms with Crippen molar-refractivity contribution in [2.75, 3.05) is 13.1 Å². The van der Waals surface area contributed by atoms with Crippen molar-refractivity contribution in [1.82, 2.24) is 21.3 Å². The number of benzene rings is 3. The van der Waals surface area contributed by atoms with Crippen molar-refractivity contribution in [1.29, 1.82) is 0 Å². The lowest BCUT2D eigenvalue weighted by Gasteiger charge is -2.27. The van der Waals surface area contributed by atoms with E-state index in [9.17, 15) is 14.4 Å². The smallest absolute Gasteiger partial charge is 0.244 e. The minimum atomic E-state index is -0.774. The van der Waals surface area contributed by atoms with E-state index in [-0.39, 0.29) is 23.6 Å². The number of nitrogens with one attached hydrogen (secondary N) is 4. The van der Waals surface area contributed by atoms with Gasteiger partial charge < -0.3 is 21.3 Å². The molecule has 8 heteroatoms. The van der Waals surface area contributed by atoms with Crippen LogP contribution in [0.4, 0.5) is 0 Å². The summed E-state index contributed by atoms with van der Waals surface area (Å²) < 4.78 is 1.16. The SMILES string of the molecule is CC(=O)N[C@@H](Cc1csc2ccccc12)NC(=O)[C@@H](Cc1ccc2ccccc2c1)NC(=O)C1CCNCC1. The summed E-state index contributed by atoms with van der Waals surface area (Å²) in [5, 5.41) is 17.6. The predicted molar refractivity (Wildman–Crippen MR) is 156 cm³/mol. The van der Waals surface area contributed by atoms with E-state index in [1.54, 1.807) is 11.3 Å². The average Bonchev–Trinajstić information content (AvgIpc) is 3.35. The zero-order valence-corrected chi connectivity index (χ0v) is 22.9. The fourth-order valence-electron chi connectivity index (χ4n) is 5.25. The topological polar surface area (TPSA) is 99.3 Å². The molecule has 4 aromatic rings. The minimum absolute atomic E-state index is 0.0997. The average molecular weight is 543 g/mol. The number of piperidine rings is 1. The first-order chi connectivity index (χ1) is 19.0. The molecule has 0 aliphatic carbocycles. The van der Waals surface area contributed by atoms with Crippen LogP contribution in [-0.2, 0) is 27.2 Å². The fourth-order valence-corrected chi connectivity index (χ4v) is 6.23. The molecule has 1 saturated heterocycles. The summed E-state index contributed by atoms with van der Waals surface area (Å²) in [7, 11) is 0. The lowest BCUT2D eigenvalue weighted by atomic mass is 9.95. The second-order valence-electron chi connectivity index (χ2n) is 10.2. The van der Waals surface area contributed by atoms with E-state index >= 15 is 0 Å². The highest BCUT2D eigenvalue weighted by atomic mass is 32.1. The van der Waals surface area contributed by atoms with E-state index in [2.05, 4.69) is 44.8 Å². The predicted octanol–water partition coefficient (Wildman–Crippen LogP) is 3.90. The number of carbonyl (C=O) groups excluding carboxylic acids is 3. The molecule has 0 bridgehead atoms. The van der Waals surface area contributed by atoms with E-state index < -0.39 is 12.2 Å². The van der Waals surface area contributed by atoms with Gasteiger partial charge in [-0.25, -0.2) is 0 Å². The molecule has 0 unspecified atom stereocenters. The third kappa shape index (κ3) is 6.82. The Bertz CT molecular complexity index is 1480. The van der Waals surface area contributed by atoms with E-state index in [1.807, 2.05) is 48.5 Å². The van der Waals surface area contributed by atoms with Crippen molar-refractivity contribution in [3.63, 3.8) is 0 Å². The Balaban J connectivity index is 1.36. The molecule has 1 aliphatic heterocycles. The van der Waals surface area contributed by atoms with Gasteiger partial charge in [-0.05, 0) is 64.7 Å². The molecule has 2 atom stereocenters. The van der Waals surface area contributed by atoms with Gasteiger partial charge in [0.25, 0.3) is 0 Å². The van der Waals surface area contributed by atoms with Gasteiger partial charge in [-0.15, -0.1) is 11.3 Å². The Labute approximate surface area is 232 Å². The van der Waals surface area contributed by atoms with E-state index in [1.165, 1.54) is 6.92 Å². The zero-order valence-electron chi connectivity index (χ0n) is 22.0. The van der Waals surface area contributed by atoms with Crippen molar-refractivity contribution in [2.24, 2.45) is 5.92 Å². The lowest BCUT2D eigenvalue weighted by Crippen LogP contribution is -2.56. The van der Waals surface area contributed by atoms with Crippen LogP contribution in [0.1, 0.15) is 30.9 Å². The maximum atomic E-state index is 13.7. The summed E-state index contributed by atoms with van der Waals surface area (Å²) in [6, 6.07) is 21.5.